The molecule has 5 heteroatoms. The van der Waals surface area contributed by atoms with Crippen LogP contribution < -0.4 is 0 Å². The summed E-state index contributed by atoms with van der Waals surface area (Å²) in [7, 11) is 0. The van der Waals surface area contributed by atoms with E-state index in [1.54, 1.807) is 0 Å². The molecule has 17 heavy (non-hydrogen) atoms. The zero-order valence-electron chi connectivity index (χ0n) is 10.4. The van der Waals surface area contributed by atoms with Gasteiger partial charge in [-0.25, -0.2) is 0 Å². The third kappa shape index (κ3) is 13.3. The van der Waals surface area contributed by atoms with Gasteiger partial charge in [-0.15, -0.1) is 0 Å². The number of hydrogen-bond donors (Lipinski definition) is 2. The second-order valence-corrected chi connectivity index (χ2v) is 3.80. The fourth-order valence-electron chi connectivity index (χ4n) is 1.21. The lowest BCUT2D eigenvalue weighted by atomic mass is 10.3. The van der Waals surface area contributed by atoms with E-state index in [1.807, 2.05) is 0 Å². The number of unbranched alkanes of at least 4 members (excludes halogenated alkanes) is 1. The van der Waals surface area contributed by atoms with Crippen LogP contribution in [0.4, 0.5) is 0 Å². The molecule has 0 aromatic carbocycles. The Hall–Kier alpha value is -0.650. The standard InChI is InChI=1S/C4H6O2.C4H10O2.C4H8O/c5-4-2-1-3-6-4;5-3-1-2-4-6;1-2-4-5-3-1/h1-3H2;5-6H,1-4H2;1-4H2. The molecular formula is C12H24O5. The average molecular weight is 248 g/mol. The summed E-state index contributed by atoms with van der Waals surface area (Å²) in [6.07, 6.45) is 5.53. The summed E-state index contributed by atoms with van der Waals surface area (Å²) in [6, 6.07) is 0. The van der Waals surface area contributed by atoms with Crippen LogP contribution in [-0.4, -0.2) is 49.2 Å². The van der Waals surface area contributed by atoms with E-state index in [1.165, 1.54) is 12.8 Å². The van der Waals surface area contributed by atoms with E-state index in [2.05, 4.69) is 4.74 Å². The maximum absolute atomic E-state index is 10.0. The van der Waals surface area contributed by atoms with E-state index in [4.69, 9.17) is 14.9 Å². The number of carbonyl (C=O) groups excluding carboxylic acids is 1. The topological polar surface area (TPSA) is 76.0 Å². The Morgan fingerprint density at radius 3 is 1.71 bits per heavy atom. The van der Waals surface area contributed by atoms with Crippen molar-refractivity contribution in [1.82, 2.24) is 0 Å². The van der Waals surface area contributed by atoms with Crippen LogP contribution >= 0.6 is 0 Å². The molecule has 0 atom stereocenters. The highest BCUT2D eigenvalue weighted by molar-refractivity contribution is 5.70. The number of ether oxygens (including phenoxy) is 2. The lowest BCUT2D eigenvalue weighted by Crippen LogP contribution is -1.88. The summed E-state index contributed by atoms with van der Waals surface area (Å²) in [5.41, 5.74) is 0. The van der Waals surface area contributed by atoms with Crippen LogP contribution in [0.2, 0.25) is 0 Å². The van der Waals surface area contributed by atoms with Gasteiger partial charge in [0, 0.05) is 32.8 Å². The van der Waals surface area contributed by atoms with E-state index in [0.717, 1.165) is 32.5 Å². The Labute approximate surface area is 103 Å². The predicted molar refractivity (Wildman–Crippen MR) is 63.7 cm³/mol. The van der Waals surface area contributed by atoms with Gasteiger partial charge in [0.1, 0.15) is 0 Å². The molecule has 0 amide bonds. The molecule has 2 saturated heterocycles. The Balaban J connectivity index is 0.000000227. The summed E-state index contributed by atoms with van der Waals surface area (Å²) in [4.78, 5) is 10.0. The molecule has 0 aromatic heterocycles. The van der Waals surface area contributed by atoms with Crippen molar-refractivity contribution < 1.29 is 24.5 Å². The van der Waals surface area contributed by atoms with Crippen molar-refractivity contribution in [2.45, 2.75) is 38.5 Å². The first-order valence-corrected chi connectivity index (χ1v) is 6.26. The van der Waals surface area contributed by atoms with Crippen molar-refractivity contribution in [3.8, 4) is 0 Å². The number of hydrogen-bond acceptors (Lipinski definition) is 5. The molecule has 0 spiro atoms. The van der Waals surface area contributed by atoms with Crippen LogP contribution in [-0.2, 0) is 14.3 Å². The van der Waals surface area contributed by atoms with E-state index in [-0.39, 0.29) is 19.2 Å². The van der Waals surface area contributed by atoms with Crippen molar-refractivity contribution in [2.24, 2.45) is 0 Å². The Morgan fingerprint density at radius 1 is 0.941 bits per heavy atom. The highest BCUT2D eigenvalue weighted by atomic mass is 16.5. The third-order valence-electron chi connectivity index (χ3n) is 2.18. The number of aliphatic hydroxyl groups excluding tert-OH is 2. The maximum atomic E-state index is 10.0. The third-order valence-corrected chi connectivity index (χ3v) is 2.18. The largest absolute Gasteiger partial charge is 0.466 e. The summed E-state index contributed by atoms with van der Waals surface area (Å²) < 4.78 is 9.46. The normalized spacial score (nSPS) is 17.6. The molecule has 0 radical (unpaired) electrons. The molecule has 2 heterocycles. The summed E-state index contributed by atoms with van der Waals surface area (Å²) in [6.45, 7) is 3.03. The van der Waals surface area contributed by atoms with E-state index < -0.39 is 0 Å². The lowest BCUT2D eigenvalue weighted by Gasteiger charge is -1.85. The fourth-order valence-corrected chi connectivity index (χ4v) is 1.21. The first-order chi connectivity index (χ1) is 8.31. The molecule has 2 aliphatic heterocycles. The summed E-state index contributed by atoms with van der Waals surface area (Å²) in [5, 5.41) is 16.2. The number of esters is 1. The number of cyclic esters (lactones) is 1. The highest BCUT2D eigenvalue weighted by Gasteiger charge is 2.08. The molecule has 0 unspecified atom stereocenters. The number of carbonyl (C=O) groups is 1. The first kappa shape index (κ1) is 16.4. The first-order valence-electron chi connectivity index (χ1n) is 6.26. The molecule has 2 rings (SSSR count). The van der Waals surface area contributed by atoms with Crippen LogP contribution in [0.1, 0.15) is 38.5 Å². The number of rotatable bonds is 3. The smallest absolute Gasteiger partial charge is 0.305 e. The molecule has 0 aliphatic carbocycles. The minimum absolute atomic E-state index is 0.0463. The van der Waals surface area contributed by atoms with E-state index in [0.29, 0.717) is 13.0 Å². The van der Waals surface area contributed by atoms with E-state index in [9.17, 15) is 4.79 Å². The SMILES string of the molecule is C1CCOC1.O=C1CCCO1.OCCCCO. The highest BCUT2D eigenvalue weighted by Crippen LogP contribution is 2.01. The van der Waals surface area contributed by atoms with Gasteiger partial charge in [0.2, 0.25) is 0 Å². The van der Waals surface area contributed by atoms with Crippen molar-refractivity contribution >= 4 is 5.97 Å². The molecule has 5 nitrogen and oxygen atoms in total. The molecule has 2 fully saturated rings. The van der Waals surface area contributed by atoms with Gasteiger partial charge < -0.3 is 19.7 Å². The van der Waals surface area contributed by atoms with Crippen molar-refractivity contribution in [2.75, 3.05) is 33.0 Å². The van der Waals surface area contributed by atoms with Gasteiger partial charge in [-0.1, -0.05) is 0 Å². The molecule has 0 bridgehead atoms. The van der Waals surface area contributed by atoms with Gasteiger partial charge in [0.15, 0.2) is 0 Å². The van der Waals surface area contributed by atoms with Gasteiger partial charge in [-0.2, -0.15) is 0 Å². The van der Waals surface area contributed by atoms with Gasteiger partial charge in [0.25, 0.3) is 0 Å². The van der Waals surface area contributed by atoms with Crippen LogP contribution in [0.25, 0.3) is 0 Å². The van der Waals surface area contributed by atoms with Gasteiger partial charge in [-0.3, -0.25) is 4.79 Å². The van der Waals surface area contributed by atoms with Crippen LogP contribution in [0, 0.1) is 0 Å². The Kier molecular flexibility index (Phi) is 12.9. The van der Waals surface area contributed by atoms with Crippen molar-refractivity contribution in [1.29, 1.82) is 0 Å². The second kappa shape index (κ2) is 13.4. The van der Waals surface area contributed by atoms with Gasteiger partial charge in [0.05, 0.1) is 6.61 Å². The number of aliphatic hydroxyl groups is 2. The Bertz CT molecular complexity index is 149. The molecular weight excluding hydrogens is 224 g/mol. The monoisotopic (exact) mass is 248 g/mol. The van der Waals surface area contributed by atoms with Crippen LogP contribution in [0.3, 0.4) is 0 Å². The van der Waals surface area contributed by atoms with Crippen LogP contribution in [0.15, 0.2) is 0 Å². The van der Waals surface area contributed by atoms with Crippen LogP contribution in [0.5, 0.6) is 0 Å². The zero-order valence-corrected chi connectivity index (χ0v) is 10.4. The maximum Gasteiger partial charge on any atom is 0.305 e. The van der Waals surface area contributed by atoms with Gasteiger partial charge in [-0.05, 0) is 32.1 Å². The zero-order chi connectivity index (χ0) is 12.8. The fraction of sp³-hybridized carbons (Fsp3) is 0.917. The minimum Gasteiger partial charge on any atom is -0.466 e. The Morgan fingerprint density at radius 2 is 1.53 bits per heavy atom. The van der Waals surface area contributed by atoms with Crippen molar-refractivity contribution in [3.63, 3.8) is 0 Å². The van der Waals surface area contributed by atoms with Gasteiger partial charge >= 0.3 is 5.97 Å². The predicted octanol–water partition coefficient (Wildman–Crippen LogP) is 0.871. The molecule has 2 aliphatic rings. The molecule has 2 N–H and O–H groups in total. The quantitative estimate of drug-likeness (QED) is 0.572. The molecule has 0 saturated carbocycles. The second-order valence-electron chi connectivity index (χ2n) is 3.80. The van der Waals surface area contributed by atoms with Crippen molar-refractivity contribution in [3.05, 3.63) is 0 Å². The summed E-state index contributed by atoms with van der Waals surface area (Å²) in [5.74, 6) is -0.0463. The average Bonchev–Trinajstić information content (AvgIpc) is 3.02. The minimum atomic E-state index is -0.0463. The molecule has 102 valence electrons. The summed E-state index contributed by atoms with van der Waals surface area (Å²) >= 11 is 0. The lowest BCUT2D eigenvalue weighted by molar-refractivity contribution is -0.137. The van der Waals surface area contributed by atoms with E-state index >= 15 is 0 Å². The molecule has 0 aromatic rings.